The van der Waals surface area contributed by atoms with Crippen LogP contribution >= 0.6 is 0 Å². The molecule has 2 fully saturated rings. The molecule has 2 aliphatic heterocycles. The summed E-state index contributed by atoms with van der Waals surface area (Å²) < 4.78 is 0. The summed E-state index contributed by atoms with van der Waals surface area (Å²) in [7, 11) is 0. The van der Waals surface area contributed by atoms with Crippen molar-refractivity contribution in [3.8, 4) is 33.6 Å². The van der Waals surface area contributed by atoms with Gasteiger partial charge in [0.25, 0.3) is 0 Å². The van der Waals surface area contributed by atoms with Gasteiger partial charge in [-0.25, -0.2) is 14.8 Å². The quantitative estimate of drug-likeness (QED) is 0.174. The summed E-state index contributed by atoms with van der Waals surface area (Å²) in [6, 6.07) is 13.1. The number of likely N-dealkylation sites (tertiary alicyclic amines) is 2. The molecule has 2 aromatic heterocycles. The van der Waals surface area contributed by atoms with Crippen molar-refractivity contribution in [2.24, 2.45) is 11.7 Å². The fraction of sp³-hybridized carbons (Fsp3) is 0.400. The lowest BCUT2D eigenvalue weighted by Crippen LogP contribution is -2.50. The molecule has 2 aliphatic rings. The molecule has 0 bridgehead atoms. The molecule has 12 nitrogen and oxygen atoms in total. The predicted octanol–water partition coefficient (Wildman–Crippen LogP) is 4.85. The highest BCUT2D eigenvalue weighted by atomic mass is 16.4. The molecule has 6 rings (SSSR count). The molecule has 2 aromatic carbocycles. The minimum absolute atomic E-state index is 0.0209. The highest BCUT2D eigenvalue weighted by molar-refractivity contribution is 5.86. The van der Waals surface area contributed by atoms with E-state index in [9.17, 15) is 19.5 Å². The van der Waals surface area contributed by atoms with Crippen LogP contribution in [0.15, 0.2) is 54.9 Å². The van der Waals surface area contributed by atoms with Gasteiger partial charge < -0.3 is 35.9 Å². The van der Waals surface area contributed by atoms with E-state index in [4.69, 9.17) is 5.73 Å². The lowest BCUT2D eigenvalue weighted by molar-refractivity contribution is -0.136. The zero-order valence-electron chi connectivity index (χ0n) is 27.0. The molecule has 0 spiro atoms. The third kappa shape index (κ3) is 6.78. The van der Waals surface area contributed by atoms with Crippen LogP contribution in [-0.4, -0.2) is 77.9 Å². The van der Waals surface area contributed by atoms with Gasteiger partial charge in [-0.05, 0) is 72.4 Å². The molecule has 0 aliphatic carbocycles. The second-order valence-corrected chi connectivity index (χ2v) is 12.9. The average molecular weight is 639 g/mol. The predicted molar refractivity (Wildman–Crippen MR) is 178 cm³/mol. The molecule has 4 aromatic rings. The van der Waals surface area contributed by atoms with Crippen molar-refractivity contribution >= 4 is 17.9 Å². The van der Waals surface area contributed by atoms with E-state index in [1.807, 2.05) is 13.8 Å². The number of amides is 3. The number of H-pyrrole nitrogens is 2. The maximum absolute atomic E-state index is 13.3. The Hall–Kier alpha value is -4.97. The monoisotopic (exact) mass is 638 g/mol. The number of hydrogen-bond acceptors (Lipinski definition) is 6. The molecule has 47 heavy (non-hydrogen) atoms. The van der Waals surface area contributed by atoms with Crippen LogP contribution in [-0.2, 0) is 16.1 Å². The maximum Gasteiger partial charge on any atom is 0.405 e. The largest absolute Gasteiger partial charge is 0.465 e. The number of carboxylic acid groups (broad SMARTS) is 1. The van der Waals surface area contributed by atoms with Gasteiger partial charge in [-0.1, -0.05) is 50.2 Å². The van der Waals surface area contributed by atoms with E-state index in [0.29, 0.717) is 25.5 Å². The van der Waals surface area contributed by atoms with E-state index in [0.717, 1.165) is 70.7 Å². The highest BCUT2D eigenvalue weighted by Crippen LogP contribution is 2.34. The Labute approximate surface area is 273 Å². The molecule has 3 atom stereocenters. The Kier molecular flexibility index (Phi) is 9.12. The first kappa shape index (κ1) is 32.0. The fourth-order valence-corrected chi connectivity index (χ4v) is 6.67. The molecule has 0 saturated carbocycles. The van der Waals surface area contributed by atoms with E-state index in [1.165, 1.54) is 0 Å². The second kappa shape index (κ2) is 13.4. The van der Waals surface area contributed by atoms with Crippen LogP contribution in [0, 0.1) is 12.8 Å². The summed E-state index contributed by atoms with van der Waals surface area (Å²) in [6.45, 7) is 7.44. The van der Waals surface area contributed by atoms with Crippen LogP contribution < -0.4 is 11.1 Å². The van der Waals surface area contributed by atoms with Crippen molar-refractivity contribution in [2.45, 2.75) is 71.1 Å². The zero-order chi connectivity index (χ0) is 33.2. The number of piperidine rings is 1. The van der Waals surface area contributed by atoms with Gasteiger partial charge in [0.15, 0.2) is 0 Å². The number of aromatic nitrogens is 4. The lowest BCUT2D eigenvalue weighted by atomic mass is 9.96. The van der Waals surface area contributed by atoms with Crippen LogP contribution in [0.2, 0.25) is 0 Å². The number of nitrogens with zero attached hydrogens (tertiary/aromatic N) is 4. The summed E-state index contributed by atoms with van der Waals surface area (Å²) in [4.78, 5) is 56.5. The Morgan fingerprint density at radius 2 is 1.66 bits per heavy atom. The van der Waals surface area contributed by atoms with Crippen molar-refractivity contribution in [3.05, 3.63) is 72.1 Å². The summed E-state index contributed by atoms with van der Waals surface area (Å²) in [5, 5.41) is 11.6. The number of nitrogens with one attached hydrogen (secondary N) is 3. The third-order valence-electron chi connectivity index (χ3n) is 9.24. The van der Waals surface area contributed by atoms with Gasteiger partial charge in [-0.2, -0.15) is 0 Å². The Balaban J connectivity index is 1.13. The van der Waals surface area contributed by atoms with Crippen molar-refractivity contribution in [1.82, 2.24) is 35.1 Å². The van der Waals surface area contributed by atoms with E-state index in [2.05, 4.69) is 74.6 Å². The third-order valence-corrected chi connectivity index (χ3v) is 9.24. The number of aryl methyl sites for hydroxylation is 1. The van der Waals surface area contributed by atoms with Crippen LogP contribution in [0.4, 0.5) is 4.79 Å². The number of benzene rings is 2. The fourth-order valence-electron chi connectivity index (χ4n) is 6.67. The minimum atomic E-state index is -1.20. The van der Waals surface area contributed by atoms with Crippen LogP contribution in [0.25, 0.3) is 33.6 Å². The molecular weight excluding hydrogens is 596 g/mol. The van der Waals surface area contributed by atoms with Crippen molar-refractivity contribution < 1.29 is 19.5 Å². The zero-order valence-corrected chi connectivity index (χ0v) is 27.0. The standard InChI is InChI=1S/C35H42N8O4/c1-20(2)31(41-35(46)47)34(45)43-15-5-7-29(43)32-38-18-28(40-32)24-12-13-25(21(3)16-24)22-8-10-23(11-9-22)27-17-37-30(39-27)19-42-14-4-6-26(36)33(42)44/h8-13,16-18,20,26,29,31,41H,4-7,14-15,19,36H2,1-3H3,(H,37,39)(H,38,40)(H,46,47)/t26?,29?,31-/m1/s1. The summed E-state index contributed by atoms with van der Waals surface area (Å²) >= 11 is 0. The first-order chi connectivity index (χ1) is 22.6. The number of carbonyl (C=O) groups excluding carboxylic acids is 2. The van der Waals surface area contributed by atoms with Crippen molar-refractivity contribution in [2.75, 3.05) is 13.1 Å². The normalized spacial score (nSPS) is 19.0. The maximum atomic E-state index is 13.3. The molecule has 6 N–H and O–H groups in total. The SMILES string of the molecule is Cc1cc(-c2cnc(C3CCCN3C(=O)[C@H](NC(=O)O)C(C)C)[nH]2)ccc1-c1ccc(-c2cnc(CN3CCCC(N)C3=O)[nH]2)cc1. The Bertz CT molecular complexity index is 1760. The number of aromatic amines is 2. The van der Waals surface area contributed by atoms with E-state index in [-0.39, 0.29) is 23.8 Å². The average Bonchev–Trinajstić information content (AvgIpc) is 3.83. The van der Waals surface area contributed by atoms with Crippen LogP contribution in [0.1, 0.15) is 62.8 Å². The molecule has 3 amide bonds. The van der Waals surface area contributed by atoms with Crippen LogP contribution in [0.5, 0.6) is 0 Å². The molecule has 4 heterocycles. The molecule has 0 radical (unpaired) electrons. The smallest absolute Gasteiger partial charge is 0.405 e. The molecule has 2 unspecified atom stereocenters. The van der Waals surface area contributed by atoms with Crippen molar-refractivity contribution in [3.63, 3.8) is 0 Å². The van der Waals surface area contributed by atoms with Crippen molar-refractivity contribution in [1.29, 1.82) is 0 Å². The molecular formula is C35H42N8O4. The molecule has 246 valence electrons. The van der Waals surface area contributed by atoms with Gasteiger partial charge in [0.2, 0.25) is 11.8 Å². The Morgan fingerprint density at radius 1 is 0.979 bits per heavy atom. The number of rotatable bonds is 9. The van der Waals surface area contributed by atoms with E-state index in [1.54, 1.807) is 22.2 Å². The lowest BCUT2D eigenvalue weighted by Gasteiger charge is -2.29. The van der Waals surface area contributed by atoms with Gasteiger partial charge in [-0.15, -0.1) is 0 Å². The van der Waals surface area contributed by atoms with Gasteiger partial charge >= 0.3 is 6.09 Å². The number of imidazole rings is 2. The Morgan fingerprint density at radius 3 is 2.38 bits per heavy atom. The summed E-state index contributed by atoms with van der Waals surface area (Å²) in [5.41, 5.74) is 13.0. The second-order valence-electron chi connectivity index (χ2n) is 12.9. The summed E-state index contributed by atoms with van der Waals surface area (Å²) in [6.07, 6.45) is 5.61. The first-order valence-corrected chi connectivity index (χ1v) is 16.2. The van der Waals surface area contributed by atoms with E-state index >= 15 is 0 Å². The number of carbonyl (C=O) groups is 3. The van der Waals surface area contributed by atoms with Gasteiger partial charge in [-0.3, -0.25) is 9.59 Å². The van der Waals surface area contributed by atoms with Gasteiger partial charge in [0.05, 0.1) is 42.4 Å². The topological polar surface area (TPSA) is 173 Å². The van der Waals surface area contributed by atoms with Crippen LogP contribution in [0.3, 0.4) is 0 Å². The summed E-state index contributed by atoms with van der Waals surface area (Å²) in [5.74, 6) is 1.02. The van der Waals surface area contributed by atoms with E-state index < -0.39 is 18.2 Å². The molecule has 12 heteroatoms. The van der Waals surface area contributed by atoms with Gasteiger partial charge in [0.1, 0.15) is 17.7 Å². The number of nitrogens with two attached hydrogens (primary N) is 1. The molecule has 2 saturated heterocycles. The highest BCUT2D eigenvalue weighted by Gasteiger charge is 2.37. The minimum Gasteiger partial charge on any atom is -0.465 e. The first-order valence-electron chi connectivity index (χ1n) is 16.2. The van der Waals surface area contributed by atoms with Gasteiger partial charge in [0, 0.05) is 13.1 Å². The number of hydrogen-bond donors (Lipinski definition) is 5.